The number of rotatable bonds is 2. The number of carbonyl (C=O) groups is 2. The molecule has 40 heavy (non-hydrogen) atoms. The van der Waals surface area contributed by atoms with Crippen LogP contribution in [0.4, 0.5) is 4.79 Å². The van der Waals surface area contributed by atoms with Crippen LogP contribution in [0.5, 0.6) is 5.75 Å². The van der Waals surface area contributed by atoms with Gasteiger partial charge in [0.25, 0.3) is 5.91 Å². The Morgan fingerprint density at radius 1 is 1.02 bits per heavy atom. The zero-order valence-corrected chi connectivity index (χ0v) is 26.7. The quantitative estimate of drug-likeness (QED) is 0.312. The number of hydrogen-bond acceptors (Lipinski definition) is 4. The van der Waals surface area contributed by atoms with Crippen molar-refractivity contribution in [1.29, 1.82) is 0 Å². The summed E-state index contributed by atoms with van der Waals surface area (Å²) in [5.74, 6) is 0.619. The van der Waals surface area contributed by atoms with Gasteiger partial charge in [-0.3, -0.25) is 4.79 Å². The first-order chi connectivity index (χ1) is 18.8. The molecule has 0 saturated heterocycles. The highest BCUT2D eigenvalue weighted by Gasteiger charge is 2.27. The van der Waals surface area contributed by atoms with Crippen LogP contribution in [0.2, 0.25) is 0 Å². The Balaban J connectivity index is 2.34. The highest BCUT2D eigenvalue weighted by Crippen LogP contribution is 2.23. The van der Waals surface area contributed by atoms with E-state index in [1.54, 1.807) is 26.8 Å². The fraction of sp³-hybridized carbons (Fsp3) is 0.471. The van der Waals surface area contributed by atoms with Gasteiger partial charge in [-0.2, -0.15) is 0 Å². The van der Waals surface area contributed by atoms with Crippen LogP contribution in [-0.4, -0.2) is 35.2 Å². The minimum Gasteiger partial charge on any atom is -0.490 e. The molecule has 1 aliphatic rings. The van der Waals surface area contributed by atoms with E-state index in [9.17, 15) is 9.59 Å². The van der Waals surface area contributed by atoms with Gasteiger partial charge < -0.3 is 9.47 Å². The Bertz CT molecular complexity index is 1120. The van der Waals surface area contributed by atoms with Gasteiger partial charge in [-0.05, 0) is 84.1 Å². The molecule has 2 amide bonds. The second-order valence-corrected chi connectivity index (χ2v) is 12.6. The number of halogens is 1. The number of imide groups is 1. The molecule has 0 saturated carbocycles. The van der Waals surface area contributed by atoms with E-state index in [1.165, 1.54) is 22.1 Å². The number of allylic oxidation sites excluding steroid dienone is 7. The Kier molecular flexibility index (Phi) is 13.7. The molecule has 3 atom stereocenters. The first kappa shape index (κ1) is 33.3. The lowest BCUT2D eigenvalue weighted by Gasteiger charge is -2.27. The van der Waals surface area contributed by atoms with Gasteiger partial charge in [0.2, 0.25) is 0 Å². The van der Waals surface area contributed by atoms with E-state index in [0.29, 0.717) is 6.54 Å². The van der Waals surface area contributed by atoms with Gasteiger partial charge in [-0.1, -0.05) is 83.5 Å². The van der Waals surface area contributed by atoms with Gasteiger partial charge in [0, 0.05) is 29.4 Å². The topological polar surface area (TPSA) is 55.8 Å². The average Bonchev–Trinajstić information content (AvgIpc) is 2.86. The summed E-state index contributed by atoms with van der Waals surface area (Å²) >= 11 is 3.48. The van der Waals surface area contributed by atoms with Crippen LogP contribution >= 0.6 is 15.9 Å². The lowest BCUT2D eigenvalue weighted by atomic mass is 9.98. The first-order valence-electron chi connectivity index (χ1n) is 14.1. The fourth-order valence-electron chi connectivity index (χ4n) is 4.22. The maximum atomic E-state index is 13.1. The minimum absolute atomic E-state index is 0.0691. The minimum atomic E-state index is -0.688. The van der Waals surface area contributed by atoms with Crippen LogP contribution < -0.4 is 4.74 Å². The third-order valence-corrected chi connectivity index (χ3v) is 6.95. The van der Waals surface area contributed by atoms with Crippen molar-refractivity contribution in [3.8, 4) is 5.75 Å². The van der Waals surface area contributed by atoms with E-state index in [0.717, 1.165) is 35.9 Å². The standard InChI is InChI=1S/C34H46BrNO4/c1-25-13-9-8-10-14-27(3)24-36(33(38)40-34(5,6)7)32(37)16-12-11-15-28(4)31(22-17-26(2)23-25)39-30-20-18-29(35)19-21-30/h8-9,11-13,15-21,27-28,31H,10,14,22-24H2,1-7H3/b9-8+,15-11+,16-12+,25-13+,26-17+/t27-,28-,31-/m0/s1. The summed E-state index contributed by atoms with van der Waals surface area (Å²) in [5, 5.41) is 0. The summed E-state index contributed by atoms with van der Waals surface area (Å²) in [6.45, 7) is 14.2. The molecular weight excluding hydrogens is 566 g/mol. The van der Waals surface area contributed by atoms with E-state index in [1.807, 2.05) is 36.4 Å². The summed E-state index contributed by atoms with van der Waals surface area (Å²) in [5.41, 5.74) is 1.91. The van der Waals surface area contributed by atoms with E-state index >= 15 is 0 Å². The van der Waals surface area contributed by atoms with Crippen molar-refractivity contribution >= 4 is 27.9 Å². The summed E-state index contributed by atoms with van der Waals surface area (Å²) in [7, 11) is 0. The summed E-state index contributed by atoms with van der Waals surface area (Å²) in [4.78, 5) is 27.2. The SMILES string of the molecule is C/C1=C\C=C\CC[C@H](C)CN(C(=O)OC(C)(C)C)C(=O)/C=C/C=C/[C@H](C)[C@@H](Oc2ccc(Br)cc2)C/C=C(\C)C1. The predicted octanol–water partition coefficient (Wildman–Crippen LogP) is 9.37. The van der Waals surface area contributed by atoms with Gasteiger partial charge in [-0.25, -0.2) is 9.69 Å². The normalized spacial score (nSPS) is 27.4. The van der Waals surface area contributed by atoms with Crippen molar-refractivity contribution in [3.05, 3.63) is 88.5 Å². The van der Waals surface area contributed by atoms with Crippen LogP contribution in [0.3, 0.4) is 0 Å². The molecule has 0 fully saturated rings. The first-order valence-corrected chi connectivity index (χ1v) is 14.9. The molecule has 0 aliphatic carbocycles. The maximum absolute atomic E-state index is 13.1. The summed E-state index contributed by atoms with van der Waals surface area (Å²) in [6, 6.07) is 7.85. The van der Waals surface area contributed by atoms with Crippen LogP contribution in [0.15, 0.2) is 88.5 Å². The molecule has 1 aromatic carbocycles. The molecule has 0 N–H and O–H groups in total. The Labute approximate surface area is 249 Å². The Morgan fingerprint density at radius 3 is 2.40 bits per heavy atom. The maximum Gasteiger partial charge on any atom is 0.417 e. The number of ether oxygens (including phenoxy) is 2. The van der Waals surface area contributed by atoms with Gasteiger partial charge in [-0.15, -0.1) is 0 Å². The third-order valence-electron chi connectivity index (χ3n) is 6.43. The van der Waals surface area contributed by atoms with Crippen LogP contribution in [0, 0.1) is 11.8 Å². The second-order valence-electron chi connectivity index (χ2n) is 11.7. The van der Waals surface area contributed by atoms with Crippen LogP contribution in [0.25, 0.3) is 0 Å². The molecule has 0 unspecified atom stereocenters. The number of benzene rings is 1. The predicted molar refractivity (Wildman–Crippen MR) is 168 cm³/mol. The van der Waals surface area contributed by atoms with Crippen molar-refractivity contribution in [2.24, 2.45) is 11.8 Å². The molecule has 0 bridgehead atoms. The molecule has 0 spiro atoms. The third kappa shape index (κ3) is 13.0. The molecule has 5 nitrogen and oxygen atoms in total. The highest BCUT2D eigenvalue weighted by molar-refractivity contribution is 9.10. The molecule has 1 heterocycles. The lowest BCUT2D eigenvalue weighted by molar-refractivity contribution is -0.125. The largest absolute Gasteiger partial charge is 0.490 e. The smallest absolute Gasteiger partial charge is 0.417 e. The zero-order chi connectivity index (χ0) is 29.7. The Morgan fingerprint density at radius 2 is 1.73 bits per heavy atom. The van der Waals surface area contributed by atoms with Gasteiger partial charge in [0.1, 0.15) is 17.5 Å². The molecule has 6 heteroatoms. The fourth-order valence-corrected chi connectivity index (χ4v) is 4.49. The summed E-state index contributed by atoms with van der Waals surface area (Å²) in [6.07, 6.45) is 18.3. The lowest BCUT2D eigenvalue weighted by Crippen LogP contribution is -2.42. The van der Waals surface area contributed by atoms with Crippen LogP contribution in [-0.2, 0) is 9.53 Å². The van der Waals surface area contributed by atoms with Crippen molar-refractivity contribution < 1.29 is 19.1 Å². The number of hydrogen-bond donors (Lipinski definition) is 0. The molecule has 1 aromatic rings. The zero-order valence-electron chi connectivity index (χ0n) is 25.2. The molecule has 1 aliphatic heterocycles. The van der Waals surface area contributed by atoms with Gasteiger partial charge in [0.15, 0.2) is 0 Å². The van der Waals surface area contributed by atoms with Gasteiger partial charge in [0.05, 0.1) is 0 Å². The van der Waals surface area contributed by atoms with Crippen molar-refractivity contribution in [3.63, 3.8) is 0 Å². The molecule has 2 rings (SSSR count). The Hall–Kier alpha value is -2.86. The van der Waals surface area contributed by atoms with Crippen molar-refractivity contribution in [2.45, 2.75) is 85.9 Å². The van der Waals surface area contributed by atoms with Crippen molar-refractivity contribution in [2.75, 3.05) is 6.54 Å². The van der Waals surface area contributed by atoms with E-state index in [-0.39, 0.29) is 23.8 Å². The van der Waals surface area contributed by atoms with E-state index < -0.39 is 11.7 Å². The van der Waals surface area contributed by atoms with E-state index in [2.05, 4.69) is 67.9 Å². The number of amides is 2. The van der Waals surface area contributed by atoms with Gasteiger partial charge >= 0.3 is 6.09 Å². The molecular formula is C34H46BrNO4. The average molecular weight is 613 g/mol. The monoisotopic (exact) mass is 611 g/mol. The highest BCUT2D eigenvalue weighted by atomic mass is 79.9. The number of nitrogens with zero attached hydrogens (tertiary/aromatic N) is 1. The number of carbonyl (C=O) groups excluding carboxylic acids is 2. The van der Waals surface area contributed by atoms with E-state index in [4.69, 9.17) is 9.47 Å². The second kappa shape index (κ2) is 16.4. The summed E-state index contributed by atoms with van der Waals surface area (Å²) < 4.78 is 12.9. The van der Waals surface area contributed by atoms with Crippen molar-refractivity contribution in [1.82, 2.24) is 4.90 Å². The molecule has 218 valence electrons. The van der Waals surface area contributed by atoms with Crippen LogP contribution in [0.1, 0.15) is 74.1 Å². The molecule has 0 radical (unpaired) electrons. The molecule has 0 aromatic heterocycles.